The van der Waals surface area contributed by atoms with Crippen molar-refractivity contribution < 1.29 is 10.0 Å². The van der Waals surface area contributed by atoms with Crippen molar-refractivity contribution in [1.82, 2.24) is 4.98 Å². The minimum atomic E-state index is -0.657. The molecule has 1 atom stereocenters. The highest BCUT2D eigenvalue weighted by molar-refractivity contribution is 5.36. The van der Waals surface area contributed by atoms with Crippen molar-refractivity contribution in [3.63, 3.8) is 0 Å². The van der Waals surface area contributed by atoms with Crippen LogP contribution in [0.25, 0.3) is 0 Å². The maximum Gasteiger partial charge on any atom is 0.290 e. The van der Waals surface area contributed by atoms with E-state index in [0.29, 0.717) is 11.4 Å². The van der Waals surface area contributed by atoms with Crippen molar-refractivity contribution in [2.75, 3.05) is 0 Å². The second-order valence-electron chi connectivity index (χ2n) is 5.26. The number of nitrogens with zero attached hydrogens (tertiary/aromatic N) is 2. The topological polar surface area (TPSA) is 76.3 Å². The van der Waals surface area contributed by atoms with E-state index in [1.54, 1.807) is 13.0 Å². The van der Waals surface area contributed by atoms with Gasteiger partial charge in [0, 0.05) is 18.2 Å². The molecular formula is C12H18N2O3. The molecule has 1 heterocycles. The van der Waals surface area contributed by atoms with Gasteiger partial charge in [0.25, 0.3) is 5.69 Å². The van der Waals surface area contributed by atoms with Crippen LogP contribution in [-0.4, -0.2) is 21.1 Å². The fourth-order valence-electron chi connectivity index (χ4n) is 1.41. The van der Waals surface area contributed by atoms with Crippen molar-refractivity contribution >= 4 is 5.69 Å². The maximum absolute atomic E-state index is 10.8. The van der Waals surface area contributed by atoms with Crippen LogP contribution in [0.3, 0.4) is 0 Å². The third-order valence-corrected chi connectivity index (χ3v) is 2.67. The van der Waals surface area contributed by atoms with E-state index in [1.165, 1.54) is 6.07 Å². The Labute approximate surface area is 101 Å². The lowest BCUT2D eigenvalue weighted by molar-refractivity contribution is -0.386. The highest BCUT2D eigenvalue weighted by atomic mass is 16.6. The smallest absolute Gasteiger partial charge is 0.290 e. The van der Waals surface area contributed by atoms with Crippen LogP contribution in [0.5, 0.6) is 0 Å². The zero-order chi connectivity index (χ0) is 13.2. The lowest BCUT2D eigenvalue weighted by atomic mass is 9.86. The first kappa shape index (κ1) is 13.6. The lowest BCUT2D eigenvalue weighted by Gasteiger charge is -2.25. The number of pyridine rings is 1. The van der Waals surface area contributed by atoms with Crippen molar-refractivity contribution in [3.8, 4) is 0 Å². The van der Waals surface area contributed by atoms with Gasteiger partial charge in [-0.25, -0.2) is 0 Å². The van der Waals surface area contributed by atoms with Gasteiger partial charge in [-0.15, -0.1) is 0 Å². The van der Waals surface area contributed by atoms with Gasteiger partial charge in [-0.1, -0.05) is 20.8 Å². The summed E-state index contributed by atoms with van der Waals surface area (Å²) in [5, 5.41) is 20.8. The molecule has 0 fully saturated rings. The number of nitro groups is 1. The molecule has 5 heteroatoms. The molecule has 0 aliphatic carbocycles. The number of hydrogen-bond acceptors (Lipinski definition) is 4. The fourth-order valence-corrected chi connectivity index (χ4v) is 1.41. The van der Waals surface area contributed by atoms with Crippen molar-refractivity contribution in [1.29, 1.82) is 0 Å². The molecule has 0 radical (unpaired) electrons. The Balaban J connectivity index is 3.04. The van der Waals surface area contributed by atoms with Gasteiger partial charge in [0.1, 0.15) is 5.69 Å². The second kappa shape index (κ2) is 4.79. The molecule has 1 unspecified atom stereocenters. The van der Waals surface area contributed by atoms with Crippen LogP contribution in [0.4, 0.5) is 5.69 Å². The Kier molecular flexibility index (Phi) is 3.83. The van der Waals surface area contributed by atoms with Crippen LogP contribution in [0.1, 0.15) is 32.2 Å². The molecule has 0 spiro atoms. The molecule has 1 aromatic heterocycles. The van der Waals surface area contributed by atoms with Crippen molar-refractivity contribution in [2.45, 2.75) is 40.2 Å². The largest absolute Gasteiger partial charge is 0.392 e. The Morgan fingerprint density at radius 2 is 2.06 bits per heavy atom. The first-order valence-corrected chi connectivity index (χ1v) is 5.51. The van der Waals surface area contributed by atoms with Gasteiger partial charge in [-0.2, -0.15) is 0 Å². The maximum atomic E-state index is 10.8. The van der Waals surface area contributed by atoms with Gasteiger partial charge >= 0.3 is 0 Å². The van der Waals surface area contributed by atoms with E-state index < -0.39 is 11.0 Å². The normalized spacial score (nSPS) is 13.5. The van der Waals surface area contributed by atoms with Gasteiger partial charge < -0.3 is 5.11 Å². The summed E-state index contributed by atoms with van der Waals surface area (Å²) in [5.41, 5.74) is 0.710. The number of aromatic nitrogens is 1. The van der Waals surface area contributed by atoms with Crippen LogP contribution in [0, 0.1) is 22.5 Å². The summed E-state index contributed by atoms with van der Waals surface area (Å²) in [6, 6.07) is 3.04. The van der Waals surface area contributed by atoms with Crippen LogP contribution in [0.2, 0.25) is 0 Å². The zero-order valence-electron chi connectivity index (χ0n) is 10.6. The molecular weight excluding hydrogens is 220 g/mol. The molecule has 1 rings (SSSR count). The van der Waals surface area contributed by atoms with Gasteiger partial charge in [0.05, 0.1) is 11.0 Å². The Morgan fingerprint density at radius 1 is 1.47 bits per heavy atom. The van der Waals surface area contributed by atoms with Crippen LogP contribution >= 0.6 is 0 Å². The third kappa shape index (κ3) is 3.49. The van der Waals surface area contributed by atoms with Gasteiger partial charge in [-0.3, -0.25) is 15.1 Å². The molecule has 0 bridgehead atoms. The molecule has 17 heavy (non-hydrogen) atoms. The summed E-state index contributed by atoms with van der Waals surface area (Å²) in [5.74, 6) is 0. The monoisotopic (exact) mass is 238 g/mol. The second-order valence-corrected chi connectivity index (χ2v) is 5.26. The third-order valence-electron chi connectivity index (χ3n) is 2.67. The highest BCUT2D eigenvalue weighted by Crippen LogP contribution is 2.25. The summed E-state index contributed by atoms with van der Waals surface area (Å²) >= 11 is 0. The predicted octanol–water partition coefficient (Wildman–Crippen LogP) is 2.25. The number of hydrogen-bond donors (Lipinski definition) is 1. The summed E-state index contributed by atoms with van der Waals surface area (Å²) in [7, 11) is 0. The molecule has 0 amide bonds. The standard InChI is InChI=1S/C12H18N2O3/c1-8-5-6-10(14(16)17)9(13-8)7-11(15)12(2,3)4/h5-6,11,15H,7H2,1-4H3. The minimum absolute atomic E-state index is 0.0288. The average Bonchev–Trinajstić information content (AvgIpc) is 2.15. The molecule has 0 saturated carbocycles. The highest BCUT2D eigenvalue weighted by Gasteiger charge is 2.26. The Morgan fingerprint density at radius 3 is 2.53 bits per heavy atom. The van der Waals surface area contributed by atoms with E-state index in [4.69, 9.17) is 0 Å². The summed E-state index contributed by atoms with van der Waals surface area (Å²) in [4.78, 5) is 14.5. The van der Waals surface area contributed by atoms with Gasteiger partial charge in [0.15, 0.2) is 0 Å². The quantitative estimate of drug-likeness (QED) is 0.647. The number of rotatable bonds is 3. The molecule has 0 saturated heterocycles. The van der Waals surface area contributed by atoms with E-state index in [0.717, 1.165) is 0 Å². The SMILES string of the molecule is Cc1ccc([N+](=O)[O-])c(CC(O)C(C)(C)C)n1. The van der Waals surface area contributed by atoms with Crippen LogP contribution in [-0.2, 0) is 6.42 Å². The summed E-state index contributed by atoms with van der Waals surface area (Å²) in [6.45, 7) is 7.44. The first-order valence-electron chi connectivity index (χ1n) is 5.51. The molecule has 0 aliphatic heterocycles. The van der Waals surface area contributed by atoms with Crippen LogP contribution < -0.4 is 0 Å². The summed E-state index contributed by atoms with van der Waals surface area (Å²) < 4.78 is 0. The molecule has 1 N–H and O–H groups in total. The van der Waals surface area contributed by atoms with E-state index in [9.17, 15) is 15.2 Å². The predicted molar refractivity (Wildman–Crippen MR) is 64.8 cm³/mol. The Bertz CT molecular complexity index is 424. The number of aliphatic hydroxyl groups is 1. The van der Waals surface area contributed by atoms with Crippen molar-refractivity contribution in [3.05, 3.63) is 33.6 Å². The Hall–Kier alpha value is -1.49. The van der Waals surface area contributed by atoms with Gasteiger partial charge in [-0.05, 0) is 18.4 Å². The number of aliphatic hydroxyl groups excluding tert-OH is 1. The van der Waals surface area contributed by atoms with E-state index in [-0.39, 0.29) is 17.5 Å². The zero-order valence-corrected chi connectivity index (χ0v) is 10.6. The number of aryl methyl sites for hydroxylation is 1. The first-order chi connectivity index (χ1) is 7.71. The molecule has 5 nitrogen and oxygen atoms in total. The molecule has 94 valence electrons. The van der Waals surface area contributed by atoms with Crippen LogP contribution in [0.15, 0.2) is 12.1 Å². The summed E-state index contributed by atoms with van der Waals surface area (Å²) in [6.07, 6.45) is -0.461. The fraction of sp³-hybridized carbons (Fsp3) is 0.583. The van der Waals surface area contributed by atoms with E-state index in [2.05, 4.69) is 4.98 Å². The minimum Gasteiger partial charge on any atom is -0.392 e. The molecule has 0 aliphatic rings. The lowest BCUT2D eigenvalue weighted by Crippen LogP contribution is -2.28. The van der Waals surface area contributed by atoms with Crippen molar-refractivity contribution in [2.24, 2.45) is 5.41 Å². The van der Waals surface area contributed by atoms with Gasteiger partial charge in [0.2, 0.25) is 0 Å². The molecule has 0 aromatic carbocycles. The average molecular weight is 238 g/mol. The van der Waals surface area contributed by atoms with E-state index >= 15 is 0 Å². The molecule has 1 aromatic rings. The van der Waals surface area contributed by atoms with E-state index in [1.807, 2.05) is 20.8 Å².